The Balaban J connectivity index is 1.30. The molecule has 0 saturated carbocycles. The molecule has 0 N–H and O–H groups in total. The van der Waals surface area contributed by atoms with Gasteiger partial charge in [0.05, 0.1) is 23.4 Å². The molecule has 34 heavy (non-hydrogen) atoms. The van der Waals surface area contributed by atoms with Crippen molar-refractivity contribution in [2.45, 2.75) is 33.1 Å². The molecule has 3 atom stereocenters. The van der Waals surface area contributed by atoms with E-state index in [2.05, 4.69) is 0 Å². The number of hydrogen-bond donors (Lipinski definition) is 0. The standard InChI is InChI=1S/C27H26N2O5/c1-16-7-5-12-23(17(16)2)28-15-18(13-24(28)30)27(33)34-20-9-6-8-19(14-20)29-25(31)21-10-3-4-11-22(21)26(29)32/h3-9,12,14,18,21-22H,10-11,13,15H2,1-2H3/t18-,21-,22+/m0/s1. The van der Waals surface area contributed by atoms with Gasteiger partial charge in [0.1, 0.15) is 5.75 Å². The van der Waals surface area contributed by atoms with E-state index in [9.17, 15) is 19.2 Å². The summed E-state index contributed by atoms with van der Waals surface area (Å²) in [5, 5.41) is 0. The summed E-state index contributed by atoms with van der Waals surface area (Å²) in [4.78, 5) is 54.2. The predicted octanol–water partition coefficient (Wildman–Crippen LogP) is 3.72. The molecule has 3 aliphatic rings. The van der Waals surface area contributed by atoms with E-state index in [-0.39, 0.29) is 48.3 Å². The van der Waals surface area contributed by atoms with Crippen molar-refractivity contribution in [1.82, 2.24) is 0 Å². The van der Waals surface area contributed by atoms with Crippen molar-refractivity contribution in [2.24, 2.45) is 17.8 Å². The minimum atomic E-state index is -0.597. The van der Waals surface area contributed by atoms with Crippen LogP contribution >= 0.6 is 0 Å². The second-order valence-corrected chi connectivity index (χ2v) is 9.21. The summed E-state index contributed by atoms with van der Waals surface area (Å²) in [7, 11) is 0. The van der Waals surface area contributed by atoms with Gasteiger partial charge >= 0.3 is 5.97 Å². The van der Waals surface area contributed by atoms with E-state index in [1.165, 1.54) is 11.0 Å². The number of ether oxygens (including phenoxy) is 1. The topological polar surface area (TPSA) is 84.0 Å². The third-order valence-electron chi connectivity index (χ3n) is 7.13. The Labute approximate surface area is 198 Å². The third kappa shape index (κ3) is 3.71. The van der Waals surface area contributed by atoms with Crippen LogP contribution in [0.25, 0.3) is 0 Å². The van der Waals surface area contributed by atoms with Crippen LogP contribution in [0, 0.1) is 31.6 Å². The van der Waals surface area contributed by atoms with Gasteiger partial charge in [0.25, 0.3) is 0 Å². The molecule has 3 amide bonds. The van der Waals surface area contributed by atoms with Gasteiger partial charge in [-0.15, -0.1) is 0 Å². The fourth-order valence-corrected chi connectivity index (χ4v) is 5.07. The Hall–Kier alpha value is -3.74. The summed E-state index contributed by atoms with van der Waals surface area (Å²) in [5.74, 6) is -2.06. The maximum Gasteiger partial charge on any atom is 0.316 e. The minimum Gasteiger partial charge on any atom is -0.426 e. The van der Waals surface area contributed by atoms with E-state index in [1.54, 1.807) is 23.1 Å². The SMILES string of the molecule is Cc1cccc(N2C[C@@H](C(=O)Oc3cccc(N4C(=O)[C@H]5CC=CC[C@H]5C4=O)c3)CC2=O)c1C. The lowest BCUT2D eigenvalue weighted by atomic mass is 9.85. The second-order valence-electron chi connectivity index (χ2n) is 9.21. The van der Waals surface area contributed by atoms with Crippen LogP contribution in [0.5, 0.6) is 5.75 Å². The number of amides is 3. The van der Waals surface area contributed by atoms with Crippen molar-refractivity contribution in [3.8, 4) is 5.75 Å². The van der Waals surface area contributed by atoms with Crippen molar-refractivity contribution < 1.29 is 23.9 Å². The molecule has 0 radical (unpaired) electrons. The number of allylic oxidation sites excluding steroid dienone is 2. The van der Waals surface area contributed by atoms with E-state index in [1.807, 2.05) is 44.2 Å². The fraction of sp³-hybridized carbons (Fsp3) is 0.333. The molecule has 2 aliphatic heterocycles. The quantitative estimate of drug-likeness (QED) is 0.302. The molecule has 2 saturated heterocycles. The Bertz CT molecular complexity index is 1210. The summed E-state index contributed by atoms with van der Waals surface area (Å²) < 4.78 is 5.59. The fourth-order valence-electron chi connectivity index (χ4n) is 5.07. The predicted molar refractivity (Wildman–Crippen MR) is 126 cm³/mol. The molecule has 0 spiro atoms. The summed E-state index contributed by atoms with van der Waals surface area (Å²) in [6.45, 7) is 4.20. The van der Waals surface area contributed by atoms with Crippen LogP contribution in [0.4, 0.5) is 11.4 Å². The number of carbonyl (C=O) groups excluding carboxylic acids is 4. The van der Waals surface area contributed by atoms with E-state index >= 15 is 0 Å². The third-order valence-corrected chi connectivity index (χ3v) is 7.13. The normalized spacial score (nSPS) is 24.1. The van der Waals surface area contributed by atoms with Crippen LogP contribution in [0.3, 0.4) is 0 Å². The van der Waals surface area contributed by atoms with E-state index in [0.717, 1.165) is 16.8 Å². The van der Waals surface area contributed by atoms with Gasteiger partial charge in [-0.1, -0.05) is 30.4 Å². The van der Waals surface area contributed by atoms with Gasteiger partial charge in [0, 0.05) is 24.7 Å². The van der Waals surface area contributed by atoms with Crippen molar-refractivity contribution in [2.75, 3.05) is 16.3 Å². The van der Waals surface area contributed by atoms with Crippen molar-refractivity contribution in [3.63, 3.8) is 0 Å². The van der Waals surface area contributed by atoms with Gasteiger partial charge in [-0.25, -0.2) is 4.90 Å². The molecule has 2 aromatic carbocycles. The highest BCUT2D eigenvalue weighted by molar-refractivity contribution is 6.22. The average Bonchev–Trinajstić information content (AvgIpc) is 3.33. The molecule has 2 heterocycles. The lowest BCUT2D eigenvalue weighted by molar-refractivity contribution is -0.139. The Morgan fingerprint density at radius 1 is 0.941 bits per heavy atom. The molecule has 2 fully saturated rings. The van der Waals surface area contributed by atoms with Crippen LogP contribution in [-0.4, -0.2) is 30.2 Å². The monoisotopic (exact) mass is 458 g/mol. The Kier molecular flexibility index (Phi) is 5.55. The Morgan fingerprint density at radius 3 is 2.32 bits per heavy atom. The first-order valence-corrected chi connectivity index (χ1v) is 11.6. The highest BCUT2D eigenvalue weighted by Gasteiger charge is 2.48. The van der Waals surface area contributed by atoms with Crippen LogP contribution in [0.1, 0.15) is 30.4 Å². The summed E-state index contributed by atoms with van der Waals surface area (Å²) in [5.41, 5.74) is 3.29. The number of esters is 1. The van der Waals surface area contributed by atoms with E-state index < -0.39 is 11.9 Å². The molecule has 2 aromatic rings. The first kappa shape index (κ1) is 22.1. The molecule has 0 aromatic heterocycles. The number of hydrogen-bond acceptors (Lipinski definition) is 5. The Morgan fingerprint density at radius 2 is 1.62 bits per heavy atom. The number of rotatable bonds is 4. The minimum absolute atomic E-state index is 0.0748. The van der Waals surface area contributed by atoms with Gasteiger partial charge in [-0.3, -0.25) is 19.2 Å². The van der Waals surface area contributed by atoms with E-state index in [0.29, 0.717) is 18.5 Å². The highest BCUT2D eigenvalue weighted by atomic mass is 16.5. The maximum atomic E-state index is 12.9. The zero-order chi connectivity index (χ0) is 24.0. The number of imide groups is 1. The summed E-state index contributed by atoms with van der Waals surface area (Å²) in [6, 6.07) is 12.2. The van der Waals surface area contributed by atoms with Crippen molar-refractivity contribution in [3.05, 3.63) is 65.7 Å². The van der Waals surface area contributed by atoms with Gasteiger partial charge in [-0.2, -0.15) is 0 Å². The van der Waals surface area contributed by atoms with Crippen LogP contribution in [0.2, 0.25) is 0 Å². The molecular formula is C27H26N2O5. The van der Waals surface area contributed by atoms with Gasteiger partial charge < -0.3 is 9.64 Å². The molecule has 0 unspecified atom stereocenters. The van der Waals surface area contributed by atoms with E-state index in [4.69, 9.17) is 4.74 Å². The number of aryl methyl sites for hydroxylation is 1. The molecule has 1 aliphatic carbocycles. The number of carbonyl (C=O) groups is 4. The zero-order valence-corrected chi connectivity index (χ0v) is 19.2. The van der Waals surface area contributed by atoms with Gasteiger partial charge in [0.15, 0.2) is 0 Å². The largest absolute Gasteiger partial charge is 0.426 e. The first-order valence-electron chi connectivity index (χ1n) is 11.6. The summed E-state index contributed by atoms with van der Waals surface area (Å²) in [6.07, 6.45) is 5.09. The molecule has 7 heteroatoms. The van der Waals surface area contributed by atoms with Crippen molar-refractivity contribution in [1.29, 1.82) is 0 Å². The van der Waals surface area contributed by atoms with Crippen LogP contribution in [-0.2, 0) is 19.2 Å². The number of nitrogens with zero attached hydrogens (tertiary/aromatic N) is 2. The molecule has 0 bridgehead atoms. The lowest BCUT2D eigenvalue weighted by Crippen LogP contribution is -2.31. The van der Waals surface area contributed by atoms with Gasteiger partial charge in [0.2, 0.25) is 17.7 Å². The first-order chi connectivity index (χ1) is 16.3. The zero-order valence-electron chi connectivity index (χ0n) is 19.2. The molecule has 174 valence electrons. The lowest BCUT2D eigenvalue weighted by Gasteiger charge is -2.20. The maximum absolute atomic E-state index is 12.9. The average molecular weight is 459 g/mol. The summed E-state index contributed by atoms with van der Waals surface area (Å²) >= 11 is 0. The second kappa shape index (κ2) is 8.56. The number of benzene rings is 2. The van der Waals surface area contributed by atoms with Gasteiger partial charge in [-0.05, 0) is 56.0 Å². The number of anilines is 2. The van der Waals surface area contributed by atoms with Crippen LogP contribution < -0.4 is 14.5 Å². The van der Waals surface area contributed by atoms with Crippen molar-refractivity contribution >= 4 is 35.1 Å². The molecule has 5 rings (SSSR count). The molecule has 7 nitrogen and oxygen atoms in total. The highest BCUT2D eigenvalue weighted by Crippen LogP contribution is 2.38. The smallest absolute Gasteiger partial charge is 0.316 e. The van der Waals surface area contributed by atoms with Crippen LogP contribution in [0.15, 0.2) is 54.6 Å². The molecular weight excluding hydrogens is 432 g/mol. The number of fused-ring (bicyclic) bond motifs is 1.